The van der Waals surface area contributed by atoms with Crippen LogP contribution in [0.4, 0.5) is 4.39 Å². The summed E-state index contributed by atoms with van der Waals surface area (Å²) in [7, 11) is 1.48. The number of benzene rings is 2. The monoisotopic (exact) mass is 545 g/mol. The van der Waals surface area contributed by atoms with Crippen LogP contribution in [0.25, 0.3) is 0 Å². The van der Waals surface area contributed by atoms with Gasteiger partial charge in [-0.3, -0.25) is 14.6 Å². The highest BCUT2D eigenvalue weighted by Gasteiger charge is 2.37. The van der Waals surface area contributed by atoms with Crippen molar-refractivity contribution in [2.75, 3.05) is 59.7 Å². The fourth-order valence-electron chi connectivity index (χ4n) is 4.97. The summed E-state index contributed by atoms with van der Waals surface area (Å²) >= 11 is 0. The average molecular weight is 546 g/mol. The highest BCUT2D eigenvalue weighted by molar-refractivity contribution is 5.77. The highest BCUT2D eigenvalue weighted by atomic mass is 19.1. The maximum absolute atomic E-state index is 13.3. The van der Waals surface area contributed by atoms with E-state index < -0.39 is 5.60 Å². The van der Waals surface area contributed by atoms with Crippen LogP contribution in [-0.4, -0.2) is 103 Å². The van der Waals surface area contributed by atoms with Crippen molar-refractivity contribution in [1.82, 2.24) is 14.7 Å². The lowest BCUT2D eigenvalue weighted by atomic mass is 10.0. The third-order valence-electron chi connectivity index (χ3n) is 6.91. The molecule has 1 saturated heterocycles. The Kier molecular flexibility index (Phi) is 11.5. The molecule has 1 heterocycles. The Morgan fingerprint density at radius 3 is 2.21 bits per heavy atom. The maximum atomic E-state index is 13.3. The average Bonchev–Trinajstić information content (AvgIpc) is 3.06. The van der Waals surface area contributed by atoms with Crippen LogP contribution in [0.5, 0.6) is 11.5 Å². The quantitative estimate of drug-likeness (QED) is 0.414. The zero-order valence-corrected chi connectivity index (χ0v) is 23.9. The standard InChI is InChI=1S/C30H44FN3O5/c1-23(2)34(24(3)4)16-17-38-27-10-6-25(7-11-27)18-32-14-15-33(29(35)19-37-5)21-30(36,20-32)22-39-28-12-8-26(31)9-13-28/h6-13,23-24,36H,14-22H2,1-5H3. The van der Waals surface area contributed by atoms with Gasteiger partial charge in [-0.25, -0.2) is 4.39 Å². The first kappa shape index (κ1) is 30.8. The fraction of sp³-hybridized carbons (Fsp3) is 0.567. The van der Waals surface area contributed by atoms with Gasteiger partial charge in [0.25, 0.3) is 0 Å². The number of nitrogens with zero attached hydrogens (tertiary/aromatic N) is 3. The Morgan fingerprint density at radius 1 is 0.974 bits per heavy atom. The van der Waals surface area contributed by atoms with Crippen molar-refractivity contribution in [2.24, 2.45) is 0 Å². The van der Waals surface area contributed by atoms with Crippen molar-refractivity contribution in [3.8, 4) is 11.5 Å². The number of ether oxygens (including phenoxy) is 3. The van der Waals surface area contributed by atoms with Gasteiger partial charge >= 0.3 is 0 Å². The predicted octanol–water partition coefficient (Wildman–Crippen LogP) is 3.42. The van der Waals surface area contributed by atoms with Gasteiger partial charge in [-0.05, 0) is 69.7 Å². The molecule has 3 rings (SSSR count). The molecule has 39 heavy (non-hydrogen) atoms. The SMILES string of the molecule is COCC(=O)N1CCN(Cc2ccc(OCCN(C(C)C)C(C)C)cc2)CC(O)(COc2ccc(F)cc2)C1. The number of hydrogen-bond donors (Lipinski definition) is 1. The molecule has 0 aliphatic carbocycles. The van der Waals surface area contributed by atoms with Crippen molar-refractivity contribution in [2.45, 2.75) is 51.9 Å². The Bertz CT molecular complexity index is 1010. The number of aliphatic hydroxyl groups is 1. The molecule has 0 saturated carbocycles. The van der Waals surface area contributed by atoms with Gasteiger partial charge in [0.15, 0.2) is 0 Å². The van der Waals surface area contributed by atoms with Crippen molar-refractivity contribution in [3.05, 3.63) is 59.9 Å². The van der Waals surface area contributed by atoms with E-state index in [1.807, 2.05) is 24.3 Å². The van der Waals surface area contributed by atoms with E-state index in [9.17, 15) is 14.3 Å². The Balaban J connectivity index is 1.62. The van der Waals surface area contributed by atoms with Crippen molar-refractivity contribution < 1.29 is 28.5 Å². The smallest absolute Gasteiger partial charge is 0.248 e. The summed E-state index contributed by atoms with van der Waals surface area (Å²) in [4.78, 5) is 18.8. The van der Waals surface area contributed by atoms with E-state index in [1.165, 1.54) is 31.4 Å². The number of rotatable bonds is 13. The van der Waals surface area contributed by atoms with Crippen LogP contribution in [0, 0.1) is 5.82 Å². The number of hydrogen-bond acceptors (Lipinski definition) is 7. The molecule has 1 amide bonds. The van der Waals surface area contributed by atoms with Crippen LogP contribution in [-0.2, 0) is 16.1 Å². The number of halogens is 1. The highest BCUT2D eigenvalue weighted by Crippen LogP contribution is 2.21. The summed E-state index contributed by atoms with van der Waals surface area (Å²) in [6, 6.07) is 14.6. The summed E-state index contributed by atoms with van der Waals surface area (Å²) in [5.41, 5.74) is -0.248. The molecule has 1 fully saturated rings. The van der Waals surface area contributed by atoms with E-state index in [1.54, 1.807) is 4.90 Å². The first-order chi connectivity index (χ1) is 18.6. The number of amides is 1. The van der Waals surface area contributed by atoms with E-state index in [4.69, 9.17) is 14.2 Å². The van der Waals surface area contributed by atoms with Gasteiger partial charge in [0.1, 0.15) is 42.7 Å². The van der Waals surface area contributed by atoms with Gasteiger partial charge in [0, 0.05) is 51.9 Å². The molecule has 0 spiro atoms. The van der Waals surface area contributed by atoms with Gasteiger partial charge in [-0.2, -0.15) is 0 Å². The molecular weight excluding hydrogens is 501 g/mol. The first-order valence-electron chi connectivity index (χ1n) is 13.7. The third kappa shape index (κ3) is 9.76. The van der Waals surface area contributed by atoms with Crippen LogP contribution in [0.3, 0.4) is 0 Å². The molecular formula is C30H44FN3O5. The van der Waals surface area contributed by atoms with Gasteiger partial charge in [0.05, 0.1) is 6.54 Å². The van der Waals surface area contributed by atoms with Gasteiger partial charge in [0.2, 0.25) is 5.91 Å². The second kappa shape index (κ2) is 14.6. The molecule has 1 unspecified atom stereocenters. The molecule has 9 heteroatoms. The van der Waals surface area contributed by atoms with E-state index >= 15 is 0 Å². The minimum Gasteiger partial charge on any atom is -0.492 e. The minimum absolute atomic E-state index is 0.0392. The molecule has 216 valence electrons. The number of β-amino-alcohol motifs (C(OH)–C–C–N with tert-alkyl or cyclic N) is 1. The van der Waals surface area contributed by atoms with Gasteiger partial charge in [-0.1, -0.05) is 12.1 Å². The van der Waals surface area contributed by atoms with Gasteiger partial charge < -0.3 is 24.2 Å². The molecule has 1 N–H and O–H groups in total. The lowest BCUT2D eigenvalue weighted by molar-refractivity contribution is -0.138. The number of carbonyl (C=O) groups excluding carboxylic acids is 1. The summed E-state index contributed by atoms with van der Waals surface area (Å²) < 4.78 is 30.1. The van der Waals surface area contributed by atoms with Crippen LogP contribution < -0.4 is 9.47 Å². The molecule has 2 aromatic carbocycles. The molecule has 1 aliphatic rings. The number of carbonyl (C=O) groups is 1. The van der Waals surface area contributed by atoms with Crippen LogP contribution in [0.2, 0.25) is 0 Å². The summed E-state index contributed by atoms with van der Waals surface area (Å²) in [6.07, 6.45) is 0. The summed E-state index contributed by atoms with van der Waals surface area (Å²) in [5, 5.41) is 11.6. The molecule has 0 radical (unpaired) electrons. The third-order valence-corrected chi connectivity index (χ3v) is 6.91. The molecule has 8 nitrogen and oxygen atoms in total. The summed E-state index contributed by atoms with van der Waals surface area (Å²) in [5.74, 6) is 0.732. The lowest BCUT2D eigenvalue weighted by Crippen LogP contribution is -2.52. The fourth-order valence-corrected chi connectivity index (χ4v) is 4.97. The normalized spacial score (nSPS) is 18.6. The topological polar surface area (TPSA) is 74.7 Å². The van der Waals surface area contributed by atoms with Crippen molar-refractivity contribution in [1.29, 1.82) is 0 Å². The van der Waals surface area contributed by atoms with Crippen molar-refractivity contribution >= 4 is 5.91 Å². The zero-order chi connectivity index (χ0) is 28.4. The number of methoxy groups -OCH3 is 1. The van der Waals surface area contributed by atoms with E-state index in [0.29, 0.717) is 50.6 Å². The largest absolute Gasteiger partial charge is 0.492 e. The Labute approximate surface area is 232 Å². The first-order valence-corrected chi connectivity index (χ1v) is 13.7. The van der Waals surface area contributed by atoms with E-state index in [0.717, 1.165) is 17.9 Å². The second-order valence-electron chi connectivity index (χ2n) is 10.8. The minimum atomic E-state index is -1.32. The molecule has 0 aromatic heterocycles. The predicted molar refractivity (Wildman–Crippen MR) is 149 cm³/mol. The van der Waals surface area contributed by atoms with Crippen LogP contribution in [0.1, 0.15) is 33.3 Å². The molecule has 1 aliphatic heterocycles. The van der Waals surface area contributed by atoms with Crippen LogP contribution in [0.15, 0.2) is 48.5 Å². The second-order valence-corrected chi connectivity index (χ2v) is 10.8. The molecule has 2 aromatic rings. The lowest BCUT2D eigenvalue weighted by Gasteiger charge is -2.33. The summed E-state index contributed by atoms with van der Waals surface area (Å²) in [6.45, 7) is 12.2. The van der Waals surface area contributed by atoms with Gasteiger partial charge in [-0.15, -0.1) is 0 Å². The van der Waals surface area contributed by atoms with E-state index in [-0.39, 0.29) is 31.5 Å². The molecule has 0 bridgehead atoms. The van der Waals surface area contributed by atoms with Crippen LogP contribution >= 0.6 is 0 Å². The maximum Gasteiger partial charge on any atom is 0.248 e. The van der Waals surface area contributed by atoms with Crippen molar-refractivity contribution in [3.63, 3.8) is 0 Å². The zero-order valence-electron chi connectivity index (χ0n) is 23.9. The Hall–Kier alpha value is -2.72. The van der Waals surface area contributed by atoms with E-state index in [2.05, 4.69) is 37.5 Å². The Morgan fingerprint density at radius 2 is 1.59 bits per heavy atom. The molecule has 1 atom stereocenters.